The van der Waals surface area contributed by atoms with Crippen LogP contribution in [0.15, 0.2) is 84.9 Å². The molecule has 2 nitrogen and oxygen atoms in total. The first kappa shape index (κ1) is 55.1. The van der Waals surface area contributed by atoms with Crippen molar-refractivity contribution in [1.82, 2.24) is 0 Å². The molecule has 0 aliphatic carbocycles. The van der Waals surface area contributed by atoms with Crippen LogP contribution in [0.2, 0.25) is 0 Å². The molecule has 4 aromatic rings. The first-order valence-electron chi connectivity index (χ1n) is 28.3. The summed E-state index contributed by atoms with van der Waals surface area (Å²) < 4.78 is 0. The van der Waals surface area contributed by atoms with Gasteiger partial charge in [-0.15, -0.1) is 0 Å². The van der Waals surface area contributed by atoms with E-state index in [4.69, 9.17) is 11.5 Å². The van der Waals surface area contributed by atoms with Crippen LogP contribution in [0.4, 0.5) is 11.4 Å². The van der Waals surface area contributed by atoms with E-state index in [0.29, 0.717) is 11.8 Å². The molecule has 0 radical (unpaired) electrons. The highest BCUT2D eigenvalue weighted by molar-refractivity contribution is 5.49. The first-order valence-corrected chi connectivity index (χ1v) is 28.3. The zero-order chi connectivity index (χ0) is 46.9. The van der Waals surface area contributed by atoms with Crippen LogP contribution in [0.3, 0.4) is 0 Å². The van der Waals surface area contributed by atoms with E-state index < -0.39 is 0 Å². The largest absolute Gasteiger partial charge is 0.399 e. The molecule has 0 saturated heterocycles. The molecule has 0 amide bonds. The molecule has 0 aromatic heterocycles. The van der Waals surface area contributed by atoms with Crippen LogP contribution in [0.1, 0.15) is 276 Å². The predicted molar refractivity (Wildman–Crippen MR) is 294 cm³/mol. The molecule has 0 fully saturated rings. The van der Waals surface area contributed by atoms with Crippen molar-refractivity contribution in [3.8, 4) is 0 Å². The summed E-state index contributed by atoms with van der Waals surface area (Å²) in [6.07, 6.45) is 46.3. The number of nitrogens with two attached hydrogens (primary N) is 2. The van der Waals surface area contributed by atoms with Crippen LogP contribution in [-0.2, 0) is 12.8 Å². The fraction of sp³-hybridized carbons (Fsp3) is 0.625. The number of hydrogen-bond donors (Lipinski definition) is 2. The lowest BCUT2D eigenvalue weighted by atomic mass is 9.84. The Bertz CT molecular complexity index is 1650. The van der Waals surface area contributed by atoms with Crippen molar-refractivity contribution < 1.29 is 0 Å². The van der Waals surface area contributed by atoms with Crippen LogP contribution in [0.25, 0.3) is 0 Å². The first-order chi connectivity index (χ1) is 32.4. The lowest BCUT2D eigenvalue weighted by Crippen LogP contribution is -2.05. The van der Waals surface area contributed by atoms with E-state index in [0.717, 1.165) is 11.4 Å². The van der Waals surface area contributed by atoms with Crippen molar-refractivity contribution in [2.45, 2.75) is 258 Å². The quantitative estimate of drug-likeness (QED) is 0.0346. The molecule has 0 heterocycles. The Labute approximate surface area is 408 Å². The Morgan fingerprint density at radius 3 is 0.879 bits per heavy atom. The second kappa shape index (κ2) is 34.7. The van der Waals surface area contributed by atoms with Crippen molar-refractivity contribution in [2.24, 2.45) is 0 Å². The SMILES string of the molecule is CCCCCCCCCC(c1ccc(CCCCCCCCCCCCCCCCCCc2ccc(C(CCCCCCCCC)c3ccc(N)cc3C)cc2)cc1)c1ccc(N)cc1C. The summed E-state index contributed by atoms with van der Waals surface area (Å²) in [6.45, 7) is 9.07. The number of anilines is 2. The molecule has 66 heavy (non-hydrogen) atoms. The van der Waals surface area contributed by atoms with Gasteiger partial charge < -0.3 is 11.5 Å². The van der Waals surface area contributed by atoms with Crippen LogP contribution in [-0.4, -0.2) is 0 Å². The van der Waals surface area contributed by atoms with Gasteiger partial charge in [-0.2, -0.15) is 0 Å². The summed E-state index contributed by atoms with van der Waals surface area (Å²) in [6, 6.07) is 32.4. The topological polar surface area (TPSA) is 52.0 Å². The zero-order valence-electron chi connectivity index (χ0n) is 43.4. The van der Waals surface area contributed by atoms with Gasteiger partial charge in [-0.3, -0.25) is 0 Å². The number of unbranched alkanes of at least 4 members (excludes halogenated alkanes) is 27. The summed E-state index contributed by atoms with van der Waals surface area (Å²) in [5.74, 6) is 0.931. The smallest absolute Gasteiger partial charge is 0.0316 e. The van der Waals surface area contributed by atoms with E-state index in [9.17, 15) is 0 Å². The van der Waals surface area contributed by atoms with E-state index in [-0.39, 0.29) is 0 Å². The lowest BCUT2D eigenvalue weighted by molar-refractivity contribution is 0.528. The second-order valence-electron chi connectivity index (χ2n) is 20.8. The molecule has 0 aliphatic rings. The Morgan fingerprint density at radius 1 is 0.318 bits per heavy atom. The Morgan fingerprint density at radius 2 is 0.591 bits per heavy atom. The molecule has 0 aliphatic heterocycles. The molecule has 4 N–H and O–H groups in total. The molecular weight excluding hydrogens is 797 g/mol. The van der Waals surface area contributed by atoms with E-state index in [1.165, 1.54) is 263 Å². The normalized spacial score (nSPS) is 12.5. The molecule has 366 valence electrons. The Kier molecular flexibility index (Phi) is 29.0. The van der Waals surface area contributed by atoms with Gasteiger partial charge in [0.15, 0.2) is 0 Å². The maximum Gasteiger partial charge on any atom is 0.0316 e. The van der Waals surface area contributed by atoms with E-state index in [1.807, 2.05) is 0 Å². The Balaban J connectivity index is 0.982. The number of benzene rings is 4. The summed E-state index contributed by atoms with van der Waals surface area (Å²) in [4.78, 5) is 0. The van der Waals surface area contributed by atoms with Crippen molar-refractivity contribution in [1.29, 1.82) is 0 Å². The van der Waals surface area contributed by atoms with Crippen LogP contribution in [0.5, 0.6) is 0 Å². The molecule has 2 heteroatoms. The van der Waals surface area contributed by atoms with Crippen molar-refractivity contribution in [3.63, 3.8) is 0 Å². The number of rotatable bonds is 39. The molecule has 2 unspecified atom stereocenters. The van der Waals surface area contributed by atoms with Gasteiger partial charge >= 0.3 is 0 Å². The second-order valence-corrected chi connectivity index (χ2v) is 20.8. The minimum absolute atomic E-state index is 0.465. The number of aryl methyl sites for hydroxylation is 4. The lowest BCUT2D eigenvalue weighted by Gasteiger charge is -2.21. The van der Waals surface area contributed by atoms with Crippen molar-refractivity contribution in [2.75, 3.05) is 11.5 Å². The summed E-state index contributed by atoms with van der Waals surface area (Å²) in [5.41, 5.74) is 25.6. The highest BCUT2D eigenvalue weighted by atomic mass is 14.5. The third-order valence-corrected chi connectivity index (χ3v) is 15.0. The van der Waals surface area contributed by atoms with E-state index in [1.54, 1.807) is 0 Å². The van der Waals surface area contributed by atoms with Gasteiger partial charge in [0.1, 0.15) is 0 Å². The fourth-order valence-corrected chi connectivity index (χ4v) is 10.8. The van der Waals surface area contributed by atoms with Crippen LogP contribution >= 0.6 is 0 Å². The predicted octanol–water partition coefficient (Wildman–Crippen LogP) is 20.0. The highest BCUT2D eigenvalue weighted by Crippen LogP contribution is 2.35. The molecule has 0 spiro atoms. The number of hydrogen-bond acceptors (Lipinski definition) is 2. The maximum absolute atomic E-state index is 6.14. The van der Waals surface area contributed by atoms with Gasteiger partial charge in [-0.25, -0.2) is 0 Å². The van der Waals surface area contributed by atoms with Gasteiger partial charge in [0, 0.05) is 23.2 Å². The molecule has 0 saturated carbocycles. The number of nitrogen functional groups attached to an aromatic ring is 2. The van der Waals surface area contributed by atoms with Gasteiger partial charge in [0.05, 0.1) is 0 Å². The monoisotopic (exact) mass is 897 g/mol. The highest BCUT2D eigenvalue weighted by Gasteiger charge is 2.18. The van der Waals surface area contributed by atoms with Gasteiger partial charge in [0.25, 0.3) is 0 Å². The molecule has 4 aromatic carbocycles. The van der Waals surface area contributed by atoms with Crippen molar-refractivity contribution >= 4 is 11.4 Å². The summed E-state index contributed by atoms with van der Waals surface area (Å²) in [5, 5.41) is 0. The van der Waals surface area contributed by atoms with E-state index in [2.05, 4.69) is 113 Å². The van der Waals surface area contributed by atoms with Gasteiger partial charge in [-0.1, -0.05) is 254 Å². The average Bonchev–Trinajstić information content (AvgIpc) is 3.32. The summed E-state index contributed by atoms with van der Waals surface area (Å²) >= 11 is 0. The standard InChI is InChI=1S/C64H100N2/c1-5-7-9-11-23-29-33-37-63(61-49-47-59(65)51-53(61)3)57-43-39-55(40-44-57)35-31-27-25-21-19-17-15-13-14-16-18-20-22-26-28-32-36-56-41-45-58(46-42-56)64(38-34-30-24-12-10-8-6-2)62-50-48-60(66)52-54(62)4/h39-52,63-64H,5-38,65-66H2,1-4H3. The van der Waals surface area contributed by atoms with Crippen molar-refractivity contribution in [3.05, 3.63) is 129 Å². The third kappa shape index (κ3) is 22.5. The summed E-state index contributed by atoms with van der Waals surface area (Å²) in [7, 11) is 0. The molecule has 0 bridgehead atoms. The minimum Gasteiger partial charge on any atom is -0.399 e. The Hall–Kier alpha value is -3.52. The zero-order valence-corrected chi connectivity index (χ0v) is 43.4. The van der Waals surface area contributed by atoms with Crippen LogP contribution < -0.4 is 11.5 Å². The van der Waals surface area contributed by atoms with E-state index >= 15 is 0 Å². The fourth-order valence-electron chi connectivity index (χ4n) is 10.8. The van der Waals surface area contributed by atoms with Gasteiger partial charge in [-0.05, 0) is 121 Å². The molecule has 2 atom stereocenters. The maximum atomic E-state index is 6.14. The average molecular weight is 898 g/mol. The van der Waals surface area contributed by atoms with Gasteiger partial charge in [0.2, 0.25) is 0 Å². The minimum atomic E-state index is 0.465. The van der Waals surface area contributed by atoms with Crippen LogP contribution in [0, 0.1) is 13.8 Å². The molecular formula is C64H100N2. The molecule has 4 rings (SSSR count). The third-order valence-electron chi connectivity index (χ3n) is 15.0.